The monoisotopic (exact) mass is 296 g/mol. The molecule has 102 valence electrons. The zero-order valence-electron chi connectivity index (χ0n) is 10.3. The summed E-state index contributed by atoms with van der Waals surface area (Å²) in [6, 6.07) is 0. The molecule has 2 N–H and O–H groups in total. The van der Waals surface area contributed by atoms with Crippen LogP contribution in [0.2, 0.25) is 0 Å². The Balaban J connectivity index is -0.0000000643. The second kappa shape index (κ2) is 29.5. The van der Waals surface area contributed by atoms with E-state index in [1.807, 2.05) is 0 Å². The third-order valence-electron chi connectivity index (χ3n) is 0.957. The first-order chi connectivity index (χ1) is 7.38. The molecule has 0 fully saturated rings. The summed E-state index contributed by atoms with van der Waals surface area (Å²) in [5.41, 5.74) is 0. The predicted octanol–water partition coefficient (Wildman–Crippen LogP) is 4.27. The second-order valence-corrected chi connectivity index (χ2v) is 4.45. The van der Waals surface area contributed by atoms with Crippen LogP contribution in [0.4, 0.5) is 0 Å². The van der Waals surface area contributed by atoms with Gasteiger partial charge in [0.05, 0.1) is 0 Å². The van der Waals surface area contributed by atoms with E-state index >= 15 is 0 Å². The number of alkyl halides is 3. The Bertz CT molecular complexity index is 101. The largest absolute Gasteiger partial charge is 0.481 e. The molecule has 0 aliphatic heterocycles. The van der Waals surface area contributed by atoms with Gasteiger partial charge in [0.25, 0.3) is 5.97 Å². The molecule has 0 aliphatic rings. The lowest BCUT2D eigenvalue weighted by Crippen LogP contribution is -1.78. The summed E-state index contributed by atoms with van der Waals surface area (Å²) in [6.45, 7) is 5.55. The fourth-order valence-electron chi connectivity index (χ4n) is 0.500. The molecule has 0 spiro atoms. The number of carboxylic acid groups (broad SMARTS) is 1. The minimum absolute atomic E-state index is 0.750. The molecule has 0 amide bonds. The average Bonchev–Trinajstić information content (AvgIpc) is 2.16. The van der Waals surface area contributed by atoms with Crippen LogP contribution < -0.4 is 0 Å². The molecule has 0 bridgehead atoms. The highest BCUT2D eigenvalue weighted by Crippen LogP contribution is 2.03. The Morgan fingerprint density at radius 3 is 1.25 bits per heavy atom. The van der Waals surface area contributed by atoms with Gasteiger partial charge >= 0.3 is 0 Å². The lowest BCUT2D eigenvalue weighted by molar-refractivity contribution is -0.134. The summed E-state index contributed by atoms with van der Waals surface area (Å²) in [5, 5.41) is 14.4. The maximum Gasteiger partial charge on any atom is 0.300 e. The number of carbonyl (C=O) groups is 1. The van der Waals surface area contributed by atoms with E-state index in [1.165, 1.54) is 25.7 Å². The molecule has 0 heterocycles. The summed E-state index contributed by atoms with van der Waals surface area (Å²) in [5.74, 6) is -0.833. The Labute approximate surface area is 114 Å². The molecule has 3 nitrogen and oxygen atoms in total. The number of aliphatic hydroxyl groups is 1. The van der Waals surface area contributed by atoms with Crippen molar-refractivity contribution in [3.8, 4) is 0 Å². The number of rotatable bonds is 3. The standard InChI is InChI=1S/C6H14.C2H4O2.CHCl3.CH4O/c1-3-5-6-4-2;1-2(3)4;2-1(3)4;1-2/h3-6H2,1-2H3;1H3,(H,3,4);1H;2H,1H3. The van der Waals surface area contributed by atoms with Crippen LogP contribution in [-0.4, -0.2) is 27.6 Å². The molecule has 0 rings (SSSR count). The van der Waals surface area contributed by atoms with Crippen molar-refractivity contribution in [2.45, 2.75) is 50.7 Å². The lowest BCUT2D eigenvalue weighted by Gasteiger charge is -1.86. The number of carboxylic acids is 1. The molecular formula is C10H23Cl3O3. The van der Waals surface area contributed by atoms with Crippen molar-refractivity contribution in [3.63, 3.8) is 0 Å². The van der Waals surface area contributed by atoms with Crippen LogP contribution in [0.25, 0.3) is 0 Å². The first-order valence-corrected chi connectivity index (χ1v) is 6.25. The normalized spacial score (nSPS) is 7.56. The van der Waals surface area contributed by atoms with Gasteiger partial charge in [-0.15, -0.1) is 0 Å². The van der Waals surface area contributed by atoms with E-state index < -0.39 is 10.3 Å². The van der Waals surface area contributed by atoms with Crippen molar-refractivity contribution in [3.05, 3.63) is 0 Å². The van der Waals surface area contributed by atoms with Gasteiger partial charge in [-0.2, -0.15) is 0 Å². The Morgan fingerprint density at radius 1 is 1.06 bits per heavy atom. The molecule has 0 aromatic heterocycles. The number of hydrogen-bond donors (Lipinski definition) is 2. The van der Waals surface area contributed by atoms with Crippen LogP contribution in [0.5, 0.6) is 0 Å². The van der Waals surface area contributed by atoms with Gasteiger partial charge in [-0.3, -0.25) is 4.79 Å². The van der Waals surface area contributed by atoms with Crippen LogP contribution in [0.1, 0.15) is 46.5 Å². The second-order valence-electron chi connectivity index (χ2n) is 2.47. The maximum atomic E-state index is 9.00. The van der Waals surface area contributed by atoms with E-state index in [0.29, 0.717) is 0 Å². The lowest BCUT2D eigenvalue weighted by atomic mass is 10.2. The molecule has 0 aliphatic carbocycles. The molecule has 0 saturated carbocycles. The molecule has 0 radical (unpaired) electrons. The Morgan fingerprint density at radius 2 is 1.19 bits per heavy atom. The molecule has 0 aromatic rings. The Kier molecular flexibility index (Phi) is 46.5. The first kappa shape index (κ1) is 25.2. The predicted molar refractivity (Wildman–Crippen MR) is 72.6 cm³/mol. The highest BCUT2D eigenvalue weighted by Gasteiger charge is 1.79. The van der Waals surface area contributed by atoms with Gasteiger partial charge < -0.3 is 10.2 Å². The quantitative estimate of drug-likeness (QED) is 0.604. The van der Waals surface area contributed by atoms with Crippen LogP contribution in [-0.2, 0) is 4.79 Å². The summed E-state index contributed by atoms with van der Waals surface area (Å²) >= 11 is 14.4. The fourth-order valence-corrected chi connectivity index (χ4v) is 0.500. The van der Waals surface area contributed by atoms with E-state index in [4.69, 9.17) is 49.8 Å². The molecular weight excluding hydrogens is 274 g/mol. The highest BCUT2D eigenvalue weighted by atomic mass is 35.6. The van der Waals surface area contributed by atoms with Crippen molar-refractivity contribution in [1.29, 1.82) is 0 Å². The summed E-state index contributed by atoms with van der Waals surface area (Å²) in [6.07, 6.45) is 5.54. The van der Waals surface area contributed by atoms with Crippen molar-refractivity contribution < 1.29 is 15.0 Å². The third-order valence-corrected chi connectivity index (χ3v) is 0.957. The highest BCUT2D eigenvalue weighted by molar-refractivity contribution is 6.63. The summed E-state index contributed by atoms with van der Waals surface area (Å²) in [4.78, 5) is 9.00. The first-order valence-electron chi connectivity index (χ1n) is 4.94. The van der Waals surface area contributed by atoms with Crippen molar-refractivity contribution in [2.24, 2.45) is 0 Å². The van der Waals surface area contributed by atoms with Crippen molar-refractivity contribution in [2.75, 3.05) is 7.11 Å². The molecule has 6 heteroatoms. The van der Waals surface area contributed by atoms with Crippen molar-refractivity contribution >= 4 is 40.8 Å². The van der Waals surface area contributed by atoms with E-state index in [1.54, 1.807) is 0 Å². The number of halogens is 3. The van der Waals surface area contributed by atoms with Crippen molar-refractivity contribution in [1.82, 2.24) is 0 Å². The van der Waals surface area contributed by atoms with Crippen LogP contribution in [0.3, 0.4) is 0 Å². The molecule has 0 saturated heterocycles. The minimum atomic E-state index is -0.833. The van der Waals surface area contributed by atoms with Gasteiger partial charge in [-0.25, -0.2) is 0 Å². The van der Waals surface area contributed by atoms with Gasteiger partial charge in [0.2, 0.25) is 0 Å². The van der Waals surface area contributed by atoms with Gasteiger partial charge in [0.1, 0.15) is 0 Å². The minimum Gasteiger partial charge on any atom is -0.481 e. The van der Waals surface area contributed by atoms with Gasteiger partial charge in [-0.1, -0.05) is 74.3 Å². The van der Waals surface area contributed by atoms with Crippen LogP contribution >= 0.6 is 34.8 Å². The van der Waals surface area contributed by atoms with Gasteiger partial charge in [-0.05, 0) is 0 Å². The number of unbranched alkanes of at least 4 members (excludes halogenated alkanes) is 3. The van der Waals surface area contributed by atoms with E-state index in [9.17, 15) is 0 Å². The van der Waals surface area contributed by atoms with Gasteiger partial charge in [0.15, 0.2) is 4.30 Å². The molecule has 16 heavy (non-hydrogen) atoms. The zero-order chi connectivity index (χ0) is 14.0. The molecule has 0 atom stereocenters. The van der Waals surface area contributed by atoms with E-state index in [2.05, 4.69) is 13.8 Å². The SMILES string of the molecule is CC(=O)O.CCCCCC.CO.ClC(Cl)Cl. The smallest absolute Gasteiger partial charge is 0.300 e. The zero-order valence-corrected chi connectivity index (χ0v) is 12.6. The van der Waals surface area contributed by atoms with Crippen LogP contribution in [0.15, 0.2) is 0 Å². The average molecular weight is 298 g/mol. The number of aliphatic hydroxyl groups excluding tert-OH is 1. The molecule has 0 aromatic carbocycles. The van der Waals surface area contributed by atoms with Crippen LogP contribution in [0, 0.1) is 0 Å². The summed E-state index contributed by atoms with van der Waals surface area (Å²) < 4.78 is -0.750. The fraction of sp³-hybridized carbons (Fsp3) is 0.900. The Hall–Kier alpha value is 0.300. The number of hydrogen-bond acceptors (Lipinski definition) is 2. The van der Waals surface area contributed by atoms with E-state index in [0.717, 1.165) is 14.0 Å². The third kappa shape index (κ3) is 232. The summed E-state index contributed by atoms with van der Waals surface area (Å²) in [7, 11) is 1.00. The van der Waals surface area contributed by atoms with Gasteiger partial charge in [0, 0.05) is 14.0 Å². The maximum absolute atomic E-state index is 9.00. The topological polar surface area (TPSA) is 57.5 Å². The van der Waals surface area contributed by atoms with E-state index in [-0.39, 0.29) is 0 Å². The number of aliphatic carboxylic acids is 1. The molecule has 0 unspecified atom stereocenters.